The Labute approximate surface area is 115 Å². The second-order valence-electron chi connectivity index (χ2n) is 5.04. The lowest BCUT2D eigenvalue weighted by Gasteiger charge is -2.33. The number of nitrogens with zero attached hydrogens (tertiary/aromatic N) is 1. The normalized spacial score (nSPS) is 17.4. The molecule has 0 saturated carbocycles. The molecule has 1 amide bonds. The van der Waals surface area contributed by atoms with E-state index >= 15 is 0 Å². The Bertz CT molecular complexity index is 443. The average molecular weight is 261 g/mol. The number of carbonyl (C=O) groups is 1. The lowest BCUT2D eigenvalue weighted by Crippen LogP contribution is -2.49. The van der Waals surface area contributed by atoms with Crippen LogP contribution in [0.1, 0.15) is 26.7 Å². The zero-order valence-electron chi connectivity index (χ0n) is 11.9. The highest BCUT2D eigenvalue weighted by Crippen LogP contribution is 2.26. The molecule has 2 rings (SSSR count). The van der Waals surface area contributed by atoms with Crippen LogP contribution in [0.5, 0.6) is 0 Å². The van der Waals surface area contributed by atoms with Crippen molar-refractivity contribution in [2.45, 2.75) is 38.8 Å². The summed E-state index contributed by atoms with van der Waals surface area (Å²) in [6.45, 7) is 4.89. The van der Waals surface area contributed by atoms with Crippen molar-refractivity contribution in [2.24, 2.45) is 0 Å². The lowest BCUT2D eigenvalue weighted by atomic mass is 10.1. The second kappa shape index (κ2) is 5.95. The van der Waals surface area contributed by atoms with Gasteiger partial charge in [0.1, 0.15) is 6.04 Å². The molecule has 4 nitrogen and oxygen atoms in total. The van der Waals surface area contributed by atoms with E-state index in [9.17, 15) is 4.79 Å². The van der Waals surface area contributed by atoms with Crippen molar-refractivity contribution < 1.29 is 4.79 Å². The van der Waals surface area contributed by atoms with Gasteiger partial charge < -0.3 is 15.5 Å². The highest BCUT2D eigenvalue weighted by molar-refractivity contribution is 5.88. The number of nitrogens with one attached hydrogen (secondary N) is 2. The molecule has 1 aromatic carbocycles. The largest absolute Gasteiger partial charge is 0.381 e. The molecular formula is C15H23N3O. The van der Waals surface area contributed by atoms with Gasteiger partial charge in [-0.3, -0.25) is 4.79 Å². The minimum absolute atomic E-state index is 0.163. The first-order chi connectivity index (χ1) is 9.17. The number of carbonyl (C=O) groups excluding carboxylic acids is 1. The van der Waals surface area contributed by atoms with Gasteiger partial charge in [0.05, 0.1) is 11.4 Å². The Morgan fingerprint density at radius 2 is 1.95 bits per heavy atom. The highest BCUT2D eigenvalue weighted by Gasteiger charge is 2.28. The molecule has 0 fully saturated rings. The van der Waals surface area contributed by atoms with E-state index in [0.717, 1.165) is 24.2 Å². The first-order valence-electron chi connectivity index (χ1n) is 7.03. The van der Waals surface area contributed by atoms with Gasteiger partial charge in [0.25, 0.3) is 0 Å². The van der Waals surface area contributed by atoms with E-state index in [0.29, 0.717) is 12.6 Å². The van der Waals surface area contributed by atoms with Gasteiger partial charge in [-0.05, 0) is 25.0 Å². The molecule has 0 radical (unpaired) electrons. The molecule has 2 N–H and O–H groups in total. The van der Waals surface area contributed by atoms with Gasteiger partial charge in [-0.15, -0.1) is 0 Å². The second-order valence-corrected chi connectivity index (χ2v) is 5.04. The number of likely N-dealkylation sites (N-methyl/N-ethyl adjacent to an activating group) is 1. The molecule has 1 heterocycles. The molecule has 1 aliphatic rings. The number of anilines is 2. The van der Waals surface area contributed by atoms with Crippen LogP contribution in [-0.2, 0) is 4.79 Å². The van der Waals surface area contributed by atoms with Crippen LogP contribution in [0.25, 0.3) is 0 Å². The van der Waals surface area contributed by atoms with Crippen LogP contribution in [0.3, 0.4) is 0 Å². The van der Waals surface area contributed by atoms with E-state index in [4.69, 9.17) is 0 Å². The molecule has 0 spiro atoms. The van der Waals surface area contributed by atoms with E-state index in [-0.39, 0.29) is 11.9 Å². The van der Waals surface area contributed by atoms with Gasteiger partial charge in [-0.1, -0.05) is 26.0 Å². The van der Waals surface area contributed by atoms with Crippen LogP contribution in [-0.4, -0.2) is 36.5 Å². The summed E-state index contributed by atoms with van der Waals surface area (Å²) in [7, 11) is 1.90. The highest BCUT2D eigenvalue weighted by atomic mass is 16.2. The number of para-hydroxylation sites is 2. The monoisotopic (exact) mass is 261 g/mol. The molecule has 1 unspecified atom stereocenters. The Morgan fingerprint density at radius 1 is 1.32 bits per heavy atom. The summed E-state index contributed by atoms with van der Waals surface area (Å²) in [6.07, 6.45) is 1.99. The number of rotatable bonds is 4. The van der Waals surface area contributed by atoms with Crippen LogP contribution < -0.4 is 10.6 Å². The Morgan fingerprint density at radius 3 is 2.58 bits per heavy atom. The van der Waals surface area contributed by atoms with Gasteiger partial charge in [0.15, 0.2) is 0 Å². The SMILES string of the molecule is CCC(CC)N(C)C(=O)C1CNc2ccccc2N1. The molecule has 19 heavy (non-hydrogen) atoms. The topological polar surface area (TPSA) is 44.4 Å². The summed E-state index contributed by atoms with van der Waals surface area (Å²) in [5.41, 5.74) is 2.07. The molecule has 4 heteroatoms. The zero-order valence-corrected chi connectivity index (χ0v) is 11.9. The maximum atomic E-state index is 12.5. The van der Waals surface area contributed by atoms with Gasteiger partial charge in [-0.2, -0.15) is 0 Å². The Hall–Kier alpha value is -1.71. The zero-order chi connectivity index (χ0) is 13.8. The fourth-order valence-corrected chi connectivity index (χ4v) is 2.63. The summed E-state index contributed by atoms with van der Waals surface area (Å²) in [4.78, 5) is 14.4. The van der Waals surface area contributed by atoms with Crippen molar-refractivity contribution in [2.75, 3.05) is 24.2 Å². The molecule has 104 valence electrons. The fourth-order valence-electron chi connectivity index (χ4n) is 2.63. The van der Waals surface area contributed by atoms with Crippen LogP contribution in [0.2, 0.25) is 0 Å². The summed E-state index contributed by atoms with van der Waals surface area (Å²) < 4.78 is 0. The maximum absolute atomic E-state index is 12.5. The van der Waals surface area contributed by atoms with Crippen LogP contribution in [0.15, 0.2) is 24.3 Å². The molecule has 1 aliphatic heterocycles. The molecule has 1 atom stereocenters. The first-order valence-corrected chi connectivity index (χ1v) is 7.03. The number of fused-ring (bicyclic) bond motifs is 1. The first kappa shape index (κ1) is 13.7. The van der Waals surface area contributed by atoms with Gasteiger partial charge >= 0.3 is 0 Å². The summed E-state index contributed by atoms with van der Waals surface area (Å²) in [5, 5.41) is 6.64. The minimum Gasteiger partial charge on any atom is -0.381 e. The predicted molar refractivity (Wildman–Crippen MR) is 79.5 cm³/mol. The van der Waals surface area contributed by atoms with E-state index in [1.807, 2.05) is 36.2 Å². The number of hydrogen-bond donors (Lipinski definition) is 2. The quantitative estimate of drug-likeness (QED) is 0.875. The number of benzene rings is 1. The van der Waals surface area contributed by atoms with Crippen LogP contribution >= 0.6 is 0 Å². The van der Waals surface area contributed by atoms with E-state index in [1.165, 1.54) is 0 Å². The van der Waals surface area contributed by atoms with Crippen molar-refractivity contribution >= 4 is 17.3 Å². The molecule has 1 aromatic rings. The standard InChI is InChI=1S/C15H23N3O/c1-4-11(5-2)18(3)15(19)14-10-16-12-8-6-7-9-13(12)17-14/h6-9,11,14,16-17H,4-5,10H2,1-3H3. The van der Waals surface area contributed by atoms with Gasteiger partial charge in [-0.25, -0.2) is 0 Å². The third kappa shape index (κ3) is 2.83. The summed E-state index contributed by atoms with van der Waals surface area (Å²) in [6, 6.07) is 8.13. The third-order valence-corrected chi connectivity index (χ3v) is 3.89. The van der Waals surface area contributed by atoms with Crippen LogP contribution in [0, 0.1) is 0 Å². The number of amides is 1. The molecular weight excluding hydrogens is 238 g/mol. The molecule has 0 bridgehead atoms. The number of hydrogen-bond acceptors (Lipinski definition) is 3. The van der Waals surface area contributed by atoms with E-state index in [1.54, 1.807) is 0 Å². The lowest BCUT2D eigenvalue weighted by molar-refractivity contribution is -0.132. The summed E-state index contributed by atoms with van der Waals surface area (Å²) >= 11 is 0. The molecule has 0 saturated heterocycles. The summed E-state index contributed by atoms with van der Waals surface area (Å²) in [5.74, 6) is 0.163. The van der Waals surface area contributed by atoms with E-state index in [2.05, 4.69) is 24.5 Å². The van der Waals surface area contributed by atoms with Crippen molar-refractivity contribution in [1.29, 1.82) is 0 Å². The fraction of sp³-hybridized carbons (Fsp3) is 0.533. The minimum atomic E-state index is -0.180. The Balaban J connectivity index is 2.06. The van der Waals surface area contributed by atoms with Gasteiger partial charge in [0.2, 0.25) is 5.91 Å². The maximum Gasteiger partial charge on any atom is 0.246 e. The van der Waals surface area contributed by atoms with Crippen molar-refractivity contribution in [3.8, 4) is 0 Å². The van der Waals surface area contributed by atoms with E-state index < -0.39 is 0 Å². The van der Waals surface area contributed by atoms with Crippen molar-refractivity contribution in [3.63, 3.8) is 0 Å². The molecule has 0 aliphatic carbocycles. The van der Waals surface area contributed by atoms with Crippen LogP contribution in [0.4, 0.5) is 11.4 Å². The molecule has 0 aromatic heterocycles. The Kier molecular flexibility index (Phi) is 4.30. The van der Waals surface area contributed by atoms with Crippen molar-refractivity contribution in [1.82, 2.24) is 4.90 Å². The predicted octanol–water partition coefficient (Wildman–Crippen LogP) is 2.54. The third-order valence-electron chi connectivity index (χ3n) is 3.89. The van der Waals surface area contributed by atoms with Gasteiger partial charge in [0, 0.05) is 19.6 Å². The van der Waals surface area contributed by atoms with Crippen molar-refractivity contribution in [3.05, 3.63) is 24.3 Å². The smallest absolute Gasteiger partial charge is 0.246 e. The average Bonchev–Trinajstić information content (AvgIpc) is 2.47.